The third kappa shape index (κ3) is 4.41. The molecule has 1 aromatic heterocycles. The van der Waals surface area contributed by atoms with Gasteiger partial charge in [0, 0.05) is 25.6 Å². The second-order valence-corrected chi connectivity index (χ2v) is 9.52. The number of hydrogen-bond donors (Lipinski definition) is 0. The number of benzene rings is 4. The lowest BCUT2D eigenvalue weighted by atomic mass is 9.97. The van der Waals surface area contributed by atoms with Gasteiger partial charge in [0.2, 0.25) is 0 Å². The van der Waals surface area contributed by atoms with Crippen LogP contribution in [0.25, 0.3) is 44.8 Å². The van der Waals surface area contributed by atoms with E-state index in [9.17, 15) is 0 Å². The van der Waals surface area contributed by atoms with Crippen molar-refractivity contribution in [2.45, 2.75) is 6.92 Å². The monoisotopic (exact) mass is 554 g/mol. The smallest absolute Gasteiger partial charge is 0.116 e. The molecule has 0 atom stereocenters. The molecule has 5 aromatic rings. The Morgan fingerprint density at radius 2 is 0.848 bits per heavy atom. The minimum Gasteiger partial charge on any atom is -0.236 e. The van der Waals surface area contributed by atoms with Crippen molar-refractivity contribution in [1.29, 1.82) is 0 Å². The first kappa shape index (κ1) is 21.7. The van der Waals surface area contributed by atoms with Crippen LogP contribution in [0.4, 0.5) is 0 Å². The molecule has 0 bridgehead atoms. The largest absolute Gasteiger partial charge is 0.236 e. The van der Waals surface area contributed by atoms with Crippen LogP contribution in [-0.4, -0.2) is 9.97 Å². The molecule has 0 aliphatic heterocycles. The van der Waals surface area contributed by atoms with E-state index in [1.165, 1.54) is 22.3 Å². The molecule has 0 N–H and O–H groups in total. The molecular formula is C29H20Br2N2. The van der Waals surface area contributed by atoms with Crippen LogP contribution in [0.5, 0.6) is 0 Å². The Morgan fingerprint density at radius 3 is 1.24 bits per heavy atom. The number of hydrogen-bond acceptors (Lipinski definition) is 2. The first-order valence-corrected chi connectivity index (χ1v) is 12.2. The normalized spacial score (nSPS) is 10.9. The molecule has 0 aliphatic rings. The standard InChI is InChI=1S/C29H20Br2N2/c1-19-28(22-14-10-20(11-15-22)24-6-2-4-8-26(24)30)32-18-33-29(19)23-16-12-21(13-17-23)25-7-3-5-9-27(25)31/h2-18H,1H3. The predicted molar refractivity (Wildman–Crippen MR) is 144 cm³/mol. The summed E-state index contributed by atoms with van der Waals surface area (Å²) in [5.41, 5.74) is 9.82. The molecule has 0 unspecified atom stereocenters. The van der Waals surface area contributed by atoms with Crippen LogP contribution in [-0.2, 0) is 0 Å². The Bertz CT molecular complexity index is 1320. The van der Waals surface area contributed by atoms with Gasteiger partial charge >= 0.3 is 0 Å². The van der Waals surface area contributed by atoms with Gasteiger partial charge in [-0.15, -0.1) is 0 Å². The number of aromatic nitrogens is 2. The minimum absolute atomic E-state index is 0.952. The fourth-order valence-electron chi connectivity index (χ4n) is 4.04. The van der Waals surface area contributed by atoms with E-state index < -0.39 is 0 Å². The topological polar surface area (TPSA) is 25.8 Å². The van der Waals surface area contributed by atoms with E-state index >= 15 is 0 Å². The van der Waals surface area contributed by atoms with Gasteiger partial charge in [0.1, 0.15) is 6.33 Å². The predicted octanol–water partition coefficient (Wildman–Crippen LogP) is 8.98. The van der Waals surface area contributed by atoms with Crippen molar-refractivity contribution in [1.82, 2.24) is 9.97 Å². The molecule has 160 valence electrons. The Kier molecular flexibility index (Phi) is 6.21. The zero-order valence-electron chi connectivity index (χ0n) is 18.0. The summed E-state index contributed by atoms with van der Waals surface area (Å²) in [5, 5.41) is 0. The summed E-state index contributed by atoms with van der Waals surface area (Å²) in [6, 6.07) is 33.6. The summed E-state index contributed by atoms with van der Waals surface area (Å²) in [4.78, 5) is 9.21. The molecule has 4 aromatic carbocycles. The lowest BCUT2D eigenvalue weighted by Gasteiger charge is -2.12. The summed E-state index contributed by atoms with van der Waals surface area (Å²) >= 11 is 7.29. The van der Waals surface area contributed by atoms with Gasteiger partial charge in [-0.1, -0.05) is 117 Å². The molecule has 0 aliphatic carbocycles. The highest BCUT2D eigenvalue weighted by atomic mass is 79.9. The van der Waals surface area contributed by atoms with E-state index in [-0.39, 0.29) is 0 Å². The molecule has 1 heterocycles. The average molecular weight is 556 g/mol. The van der Waals surface area contributed by atoms with Crippen LogP contribution in [0, 0.1) is 6.92 Å². The Balaban J connectivity index is 1.47. The van der Waals surface area contributed by atoms with E-state index in [4.69, 9.17) is 0 Å². The van der Waals surface area contributed by atoms with E-state index in [1.54, 1.807) is 6.33 Å². The molecule has 4 heteroatoms. The summed E-state index contributed by atoms with van der Waals surface area (Å²) in [6.45, 7) is 2.09. The highest BCUT2D eigenvalue weighted by Gasteiger charge is 2.12. The molecule has 5 rings (SSSR count). The highest BCUT2D eigenvalue weighted by molar-refractivity contribution is 9.11. The minimum atomic E-state index is 0.952. The fraction of sp³-hybridized carbons (Fsp3) is 0.0345. The molecule has 33 heavy (non-hydrogen) atoms. The van der Waals surface area contributed by atoms with Crippen LogP contribution in [0.1, 0.15) is 5.56 Å². The fourth-order valence-corrected chi connectivity index (χ4v) is 5.07. The maximum Gasteiger partial charge on any atom is 0.116 e. The van der Waals surface area contributed by atoms with E-state index in [1.807, 2.05) is 12.1 Å². The van der Waals surface area contributed by atoms with Gasteiger partial charge in [0.15, 0.2) is 0 Å². The van der Waals surface area contributed by atoms with Crippen LogP contribution < -0.4 is 0 Å². The van der Waals surface area contributed by atoms with Gasteiger partial charge in [-0.25, -0.2) is 9.97 Å². The van der Waals surface area contributed by atoms with Gasteiger partial charge in [-0.3, -0.25) is 0 Å². The Labute approximate surface area is 210 Å². The van der Waals surface area contributed by atoms with Crippen molar-refractivity contribution in [3.63, 3.8) is 0 Å². The van der Waals surface area contributed by atoms with E-state index in [2.05, 4.69) is 134 Å². The summed E-state index contributed by atoms with van der Waals surface area (Å²) in [7, 11) is 0. The van der Waals surface area contributed by atoms with Gasteiger partial charge in [0.25, 0.3) is 0 Å². The van der Waals surface area contributed by atoms with Crippen LogP contribution in [0.15, 0.2) is 112 Å². The second kappa shape index (κ2) is 9.42. The van der Waals surface area contributed by atoms with Gasteiger partial charge < -0.3 is 0 Å². The molecule has 0 fully saturated rings. The van der Waals surface area contributed by atoms with Crippen molar-refractivity contribution < 1.29 is 0 Å². The first-order chi connectivity index (χ1) is 16.1. The van der Waals surface area contributed by atoms with Crippen molar-refractivity contribution in [2.75, 3.05) is 0 Å². The van der Waals surface area contributed by atoms with Crippen molar-refractivity contribution in [2.24, 2.45) is 0 Å². The highest BCUT2D eigenvalue weighted by Crippen LogP contribution is 2.34. The third-order valence-corrected chi connectivity index (χ3v) is 7.15. The summed E-state index contributed by atoms with van der Waals surface area (Å²) < 4.78 is 2.17. The quantitative estimate of drug-likeness (QED) is 0.221. The SMILES string of the molecule is Cc1c(-c2ccc(-c3ccccc3Br)cc2)ncnc1-c1ccc(-c2ccccc2Br)cc1. The Morgan fingerprint density at radius 1 is 0.485 bits per heavy atom. The summed E-state index contributed by atoms with van der Waals surface area (Å²) in [5.74, 6) is 0. The van der Waals surface area contributed by atoms with Gasteiger partial charge in [-0.05, 0) is 41.3 Å². The molecular weight excluding hydrogens is 536 g/mol. The molecule has 2 nitrogen and oxygen atoms in total. The second-order valence-electron chi connectivity index (χ2n) is 7.81. The van der Waals surface area contributed by atoms with Crippen LogP contribution in [0.3, 0.4) is 0 Å². The molecule has 0 saturated carbocycles. The third-order valence-electron chi connectivity index (χ3n) is 5.77. The lowest BCUT2D eigenvalue weighted by molar-refractivity contribution is 1.14. The number of rotatable bonds is 4. The van der Waals surface area contributed by atoms with E-state index in [0.29, 0.717) is 0 Å². The zero-order valence-corrected chi connectivity index (χ0v) is 21.1. The van der Waals surface area contributed by atoms with Crippen LogP contribution >= 0.6 is 31.9 Å². The molecule has 0 spiro atoms. The van der Waals surface area contributed by atoms with Gasteiger partial charge in [-0.2, -0.15) is 0 Å². The molecule has 0 amide bonds. The first-order valence-electron chi connectivity index (χ1n) is 10.6. The summed E-state index contributed by atoms with van der Waals surface area (Å²) in [6.07, 6.45) is 1.65. The number of nitrogens with zero attached hydrogens (tertiary/aromatic N) is 2. The Hall–Kier alpha value is -3.08. The molecule has 0 saturated heterocycles. The average Bonchev–Trinajstić information content (AvgIpc) is 2.85. The zero-order chi connectivity index (χ0) is 22.8. The van der Waals surface area contributed by atoms with Crippen molar-refractivity contribution in [3.05, 3.63) is 118 Å². The number of halogens is 2. The lowest BCUT2D eigenvalue weighted by Crippen LogP contribution is -1.95. The van der Waals surface area contributed by atoms with E-state index in [0.717, 1.165) is 37.0 Å². The maximum absolute atomic E-state index is 4.60. The van der Waals surface area contributed by atoms with Crippen molar-refractivity contribution in [3.8, 4) is 44.8 Å². The van der Waals surface area contributed by atoms with Crippen LogP contribution in [0.2, 0.25) is 0 Å². The van der Waals surface area contributed by atoms with Gasteiger partial charge in [0.05, 0.1) is 11.4 Å². The van der Waals surface area contributed by atoms with Crippen molar-refractivity contribution >= 4 is 31.9 Å². The maximum atomic E-state index is 4.60. The molecule has 0 radical (unpaired) electrons.